The third-order valence-corrected chi connectivity index (χ3v) is 6.13. The fraction of sp³-hybridized carbons (Fsp3) is 0.120. The van der Waals surface area contributed by atoms with Crippen molar-refractivity contribution >= 4 is 33.6 Å². The number of aryl methyl sites for hydroxylation is 1. The second kappa shape index (κ2) is 11.7. The van der Waals surface area contributed by atoms with Gasteiger partial charge in [0.15, 0.2) is 6.61 Å². The van der Waals surface area contributed by atoms with Gasteiger partial charge in [0.2, 0.25) is 0 Å². The number of carbonyl (C=O) groups excluding carboxylic acids is 2. The molecule has 0 aliphatic heterocycles. The molecule has 3 N–H and O–H groups in total. The molecular weight excluding hydrogens is 470 g/mol. The number of nitrogens with one attached hydrogen (secondary N) is 3. The first-order chi connectivity index (χ1) is 16.8. The maximum atomic E-state index is 12.6. The lowest BCUT2D eigenvalue weighted by atomic mass is 10.2. The number of sulfonamides is 1. The molecule has 0 aliphatic carbocycles. The number of hydrogen-bond donors (Lipinski definition) is 3. The minimum absolute atomic E-state index is 0.0656. The number of hydrogen-bond acceptors (Lipinski definition) is 6. The third kappa shape index (κ3) is 7.61. The minimum Gasteiger partial charge on any atom is -0.497 e. The first kappa shape index (κ1) is 25.3. The van der Waals surface area contributed by atoms with Crippen molar-refractivity contribution in [1.29, 1.82) is 0 Å². The number of methoxy groups -OCH3 is 1. The van der Waals surface area contributed by atoms with Gasteiger partial charge in [0.05, 0.1) is 12.0 Å². The summed E-state index contributed by atoms with van der Waals surface area (Å²) < 4.78 is 38.1. The zero-order valence-corrected chi connectivity index (χ0v) is 20.0. The van der Waals surface area contributed by atoms with Gasteiger partial charge in [-0.05, 0) is 66.6 Å². The number of ether oxygens (including phenoxy) is 2. The summed E-state index contributed by atoms with van der Waals surface area (Å²) in [4.78, 5) is 23.9. The lowest BCUT2D eigenvalue weighted by Crippen LogP contribution is -2.43. The van der Waals surface area contributed by atoms with Crippen LogP contribution in [0.2, 0.25) is 0 Å². The Morgan fingerprint density at radius 1 is 0.914 bits per heavy atom. The number of hydrazine groups is 1. The van der Waals surface area contributed by atoms with E-state index in [1.54, 1.807) is 48.5 Å². The standard InChI is InChI=1S/C25H25N3O6S/c1-18-5-3-4-6-23(18)34-17-25(30)27-26-24(29)16-9-19-7-14-22(15-8-19)35(31,32)28-20-10-12-21(33-2)13-11-20/h3-16,28H,17H2,1-2H3,(H,26,29)(H,27,30)/b16-9+. The van der Waals surface area contributed by atoms with Crippen LogP contribution in [-0.2, 0) is 19.6 Å². The van der Waals surface area contributed by atoms with Gasteiger partial charge in [-0.25, -0.2) is 8.42 Å². The summed E-state index contributed by atoms with van der Waals surface area (Å²) in [5.74, 6) is 0.114. The van der Waals surface area contributed by atoms with Crippen LogP contribution in [-0.4, -0.2) is 33.9 Å². The summed E-state index contributed by atoms with van der Waals surface area (Å²) in [6.45, 7) is 1.61. The van der Waals surface area contributed by atoms with Crippen molar-refractivity contribution < 1.29 is 27.5 Å². The molecule has 2 amide bonds. The normalized spacial score (nSPS) is 11.0. The second-order valence-corrected chi connectivity index (χ2v) is 9.01. The molecule has 0 fully saturated rings. The summed E-state index contributed by atoms with van der Waals surface area (Å²) in [6, 6.07) is 19.7. The maximum Gasteiger partial charge on any atom is 0.276 e. The highest BCUT2D eigenvalue weighted by Crippen LogP contribution is 2.20. The number of benzene rings is 3. The molecule has 0 aromatic heterocycles. The van der Waals surface area contributed by atoms with Crippen LogP contribution in [0, 0.1) is 6.92 Å². The maximum absolute atomic E-state index is 12.6. The summed E-state index contributed by atoms with van der Waals surface area (Å²) >= 11 is 0. The van der Waals surface area contributed by atoms with E-state index in [4.69, 9.17) is 9.47 Å². The Hall–Kier alpha value is -4.31. The quantitative estimate of drug-likeness (QED) is 0.310. The van der Waals surface area contributed by atoms with Crippen LogP contribution in [0.5, 0.6) is 11.5 Å². The molecular formula is C25H25N3O6S. The molecule has 35 heavy (non-hydrogen) atoms. The van der Waals surface area contributed by atoms with Crippen molar-refractivity contribution in [2.45, 2.75) is 11.8 Å². The van der Waals surface area contributed by atoms with Gasteiger partial charge in [-0.2, -0.15) is 0 Å². The fourth-order valence-electron chi connectivity index (χ4n) is 2.87. The van der Waals surface area contributed by atoms with Crippen molar-refractivity contribution in [1.82, 2.24) is 10.9 Å². The van der Waals surface area contributed by atoms with Crippen LogP contribution in [0.15, 0.2) is 83.8 Å². The van der Waals surface area contributed by atoms with Crippen molar-refractivity contribution in [3.05, 3.63) is 90.0 Å². The molecule has 0 unspecified atom stereocenters. The highest BCUT2D eigenvalue weighted by Gasteiger charge is 2.14. The lowest BCUT2D eigenvalue weighted by Gasteiger charge is -2.09. The zero-order valence-electron chi connectivity index (χ0n) is 19.1. The molecule has 3 aromatic carbocycles. The van der Waals surface area contributed by atoms with Gasteiger partial charge >= 0.3 is 0 Å². The van der Waals surface area contributed by atoms with Gasteiger partial charge in [0, 0.05) is 11.8 Å². The molecule has 0 spiro atoms. The Morgan fingerprint density at radius 2 is 1.60 bits per heavy atom. The van der Waals surface area contributed by atoms with Crippen LogP contribution in [0.1, 0.15) is 11.1 Å². The monoisotopic (exact) mass is 495 g/mol. The predicted molar refractivity (Wildman–Crippen MR) is 132 cm³/mol. The average Bonchev–Trinajstić information content (AvgIpc) is 2.86. The Labute approximate surface area is 203 Å². The van der Waals surface area contributed by atoms with E-state index in [0.29, 0.717) is 22.7 Å². The SMILES string of the molecule is COc1ccc(NS(=O)(=O)c2ccc(/C=C/C(=O)NNC(=O)COc3ccccc3C)cc2)cc1. The van der Waals surface area contributed by atoms with E-state index in [2.05, 4.69) is 15.6 Å². The molecule has 10 heteroatoms. The van der Waals surface area contributed by atoms with Gasteiger partial charge in [0.25, 0.3) is 21.8 Å². The van der Waals surface area contributed by atoms with Gasteiger partial charge in [-0.3, -0.25) is 25.2 Å². The predicted octanol–water partition coefficient (Wildman–Crippen LogP) is 3.04. The molecule has 9 nitrogen and oxygen atoms in total. The third-order valence-electron chi connectivity index (χ3n) is 4.74. The molecule has 0 saturated carbocycles. The van der Waals surface area contributed by atoms with Crippen LogP contribution < -0.4 is 25.0 Å². The van der Waals surface area contributed by atoms with Crippen LogP contribution in [0.25, 0.3) is 6.08 Å². The zero-order chi connectivity index (χ0) is 25.3. The van der Waals surface area contributed by atoms with Crippen LogP contribution >= 0.6 is 0 Å². The number of anilines is 1. The van der Waals surface area contributed by atoms with Gasteiger partial charge < -0.3 is 9.47 Å². The van der Waals surface area contributed by atoms with Crippen molar-refractivity contribution in [2.75, 3.05) is 18.4 Å². The minimum atomic E-state index is -3.78. The van der Waals surface area contributed by atoms with E-state index in [0.717, 1.165) is 5.56 Å². The fourth-order valence-corrected chi connectivity index (χ4v) is 3.93. The number of amides is 2. The van der Waals surface area contributed by atoms with E-state index >= 15 is 0 Å². The largest absolute Gasteiger partial charge is 0.497 e. The van der Waals surface area contributed by atoms with Crippen molar-refractivity contribution in [2.24, 2.45) is 0 Å². The summed E-state index contributed by atoms with van der Waals surface area (Å²) in [5, 5.41) is 0. The smallest absolute Gasteiger partial charge is 0.276 e. The van der Waals surface area contributed by atoms with E-state index in [9.17, 15) is 18.0 Å². The lowest BCUT2D eigenvalue weighted by molar-refractivity contribution is -0.128. The van der Waals surface area contributed by atoms with Crippen LogP contribution in [0.3, 0.4) is 0 Å². The summed E-state index contributed by atoms with van der Waals surface area (Å²) in [7, 11) is -2.26. The molecule has 0 heterocycles. The van der Waals surface area contributed by atoms with Gasteiger partial charge in [-0.15, -0.1) is 0 Å². The van der Waals surface area contributed by atoms with Crippen LogP contribution in [0.4, 0.5) is 5.69 Å². The second-order valence-electron chi connectivity index (χ2n) is 7.33. The van der Waals surface area contributed by atoms with Crippen molar-refractivity contribution in [3.8, 4) is 11.5 Å². The number of carbonyl (C=O) groups is 2. The highest BCUT2D eigenvalue weighted by atomic mass is 32.2. The highest BCUT2D eigenvalue weighted by molar-refractivity contribution is 7.92. The Balaban J connectivity index is 1.48. The Bertz CT molecular complexity index is 1300. The number of para-hydroxylation sites is 1. The molecule has 0 bridgehead atoms. The first-order valence-electron chi connectivity index (χ1n) is 10.5. The summed E-state index contributed by atoms with van der Waals surface area (Å²) in [5.41, 5.74) is 6.40. The van der Waals surface area contributed by atoms with Gasteiger partial charge in [-0.1, -0.05) is 30.3 Å². The Kier molecular flexibility index (Phi) is 8.47. The molecule has 182 valence electrons. The topological polar surface area (TPSA) is 123 Å². The first-order valence-corrected chi connectivity index (χ1v) is 12.0. The van der Waals surface area contributed by atoms with E-state index in [1.165, 1.54) is 31.4 Å². The average molecular weight is 496 g/mol. The van der Waals surface area contributed by atoms with E-state index < -0.39 is 21.8 Å². The molecule has 0 radical (unpaired) electrons. The molecule has 3 rings (SSSR count). The Morgan fingerprint density at radius 3 is 2.26 bits per heavy atom. The molecule has 3 aromatic rings. The van der Waals surface area contributed by atoms with E-state index in [1.807, 2.05) is 19.1 Å². The molecule has 0 saturated heterocycles. The van der Waals surface area contributed by atoms with Gasteiger partial charge in [0.1, 0.15) is 11.5 Å². The summed E-state index contributed by atoms with van der Waals surface area (Å²) in [6.07, 6.45) is 2.69. The molecule has 0 aliphatic rings. The van der Waals surface area contributed by atoms with Crippen molar-refractivity contribution in [3.63, 3.8) is 0 Å². The number of rotatable bonds is 9. The van der Waals surface area contributed by atoms with E-state index in [-0.39, 0.29) is 11.5 Å². The molecule has 0 atom stereocenters.